The topological polar surface area (TPSA) is 128 Å². The maximum absolute atomic E-state index is 14.8. The van der Waals surface area contributed by atoms with Gasteiger partial charge in [-0.3, -0.25) is 9.59 Å². The predicted molar refractivity (Wildman–Crippen MR) is 197 cm³/mol. The summed E-state index contributed by atoms with van der Waals surface area (Å²) in [7, 11) is 4.93. The van der Waals surface area contributed by atoms with E-state index in [9.17, 15) is 14.7 Å². The van der Waals surface area contributed by atoms with Gasteiger partial charge in [0.2, 0.25) is 0 Å². The third-order valence-corrected chi connectivity index (χ3v) is 14.6. The molecular weight excluding hydrogens is 680 g/mol. The number of aliphatic hydroxyl groups excluding tert-OH is 1. The summed E-state index contributed by atoms with van der Waals surface area (Å²) >= 11 is 0. The molecule has 1 N–H and O–H groups in total. The lowest BCUT2D eigenvalue weighted by molar-refractivity contribution is -0.314. The van der Waals surface area contributed by atoms with Gasteiger partial charge in [0.15, 0.2) is 18.4 Å². The molecule has 6 aliphatic rings. The zero-order valence-corrected chi connectivity index (χ0v) is 33.9. The van der Waals surface area contributed by atoms with Gasteiger partial charge in [0, 0.05) is 33.2 Å². The highest BCUT2D eigenvalue weighted by Crippen LogP contribution is 2.64. The number of ether oxygens (including phenoxy) is 8. The van der Waals surface area contributed by atoms with E-state index in [2.05, 4.69) is 33.8 Å². The Labute approximate surface area is 317 Å². The zero-order valence-electron chi connectivity index (χ0n) is 33.9. The Kier molecular flexibility index (Phi) is 13.2. The lowest BCUT2D eigenvalue weighted by atomic mass is 9.54. The zero-order chi connectivity index (χ0) is 38.4. The average molecular weight is 749 g/mol. The Balaban J connectivity index is 1.28. The first kappa shape index (κ1) is 41.2. The first-order valence-corrected chi connectivity index (χ1v) is 20.6. The number of rotatable bonds is 8. The van der Waals surface area contributed by atoms with Crippen molar-refractivity contribution < 1.29 is 52.6 Å². The SMILES string of the molecule is CC[C@H]1CCC[C@H](OC2CC[C@H](C)C(C)O2)[C@@H](C)C(=O)C2=C[C@@H]3[C@@H]([C@H](O)[C@@H](C)[C@@H]4C[C@@H](O[C@@H]5OC(C)[C@H](OC)C(OC)C5OC)C[C@@]34C)[C@@H]2CC(=O)O1. The van der Waals surface area contributed by atoms with Crippen LogP contribution < -0.4 is 0 Å². The second kappa shape index (κ2) is 17.0. The van der Waals surface area contributed by atoms with Crippen LogP contribution in [-0.2, 0) is 47.5 Å². The molecule has 11 heteroatoms. The molecule has 5 fully saturated rings. The minimum absolute atomic E-state index is 0.00340. The van der Waals surface area contributed by atoms with Gasteiger partial charge in [0.25, 0.3) is 0 Å². The molecule has 0 aromatic rings. The number of carbonyl (C=O) groups excluding carboxylic acids is 2. The van der Waals surface area contributed by atoms with Crippen molar-refractivity contribution in [2.24, 2.45) is 46.8 Å². The van der Waals surface area contributed by atoms with Crippen LogP contribution in [0.2, 0.25) is 0 Å². The highest BCUT2D eigenvalue weighted by Gasteiger charge is 2.63. The summed E-state index contributed by atoms with van der Waals surface area (Å²) < 4.78 is 49.6. The van der Waals surface area contributed by atoms with Gasteiger partial charge in [-0.25, -0.2) is 0 Å². The largest absolute Gasteiger partial charge is 0.462 e. The number of methoxy groups -OCH3 is 3. The van der Waals surface area contributed by atoms with E-state index in [1.54, 1.807) is 21.3 Å². The minimum Gasteiger partial charge on any atom is -0.462 e. The molecule has 3 aliphatic heterocycles. The molecule has 0 aromatic carbocycles. The molecule has 53 heavy (non-hydrogen) atoms. The van der Waals surface area contributed by atoms with Crippen LogP contribution in [0.3, 0.4) is 0 Å². The number of ketones is 1. The van der Waals surface area contributed by atoms with Crippen molar-refractivity contribution in [3.05, 3.63) is 11.6 Å². The fraction of sp³-hybridized carbons (Fsp3) is 0.905. The van der Waals surface area contributed by atoms with Crippen LogP contribution in [0.1, 0.15) is 106 Å². The number of hydrogen-bond donors (Lipinski definition) is 1. The first-order valence-electron chi connectivity index (χ1n) is 20.6. The molecule has 0 bridgehead atoms. The maximum Gasteiger partial charge on any atom is 0.306 e. The third kappa shape index (κ3) is 7.94. The van der Waals surface area contributed by atoms with Crippen LogP contribution in [-0.4, -0.2) is 106 Å². The fourth-order valence-electron chi connectivity index (χ4n) is 11.3. The number of aliphatic hydroxyl groups is 1. The summed E-state index contributed by atoms with van der Waals surface area (Å²) in [6, 6.07) is 0. The molecule has 2 saturated carbocycles. The molecule has 3 saturated heterocycles. The Morgan fingerprint density at radius 2 is 1.60 bits per heavy atom. The molecule has 3 heterocycles. The van der Waals surface area contributed by atoms with Crippen LogP contribution >= 0.6 is 0 Å². The number of carbonyl (C=O) groups is 2. The van der Waals surface area contributed by atoms with E-state index < -0.39 is 30.3 Å². The Hall–Kier alpha value is -1.44. The Morgan fingerprint density at radius 3 is 2.26 bits per heavy atom. The highest BCUT2D eigenvalue weighted by atomic mass is 16.7. The third-order valence-electron chi connectivity index (χ3n) is 14.6. The lowest BCUT2D eigenvalue weighted by Gasteiger charge is -2.52. The van der Waals surface area contributed by atoms with Crippen molar-refractivity contribution in [1.82, 2.24) is 0 Å². The molecule has 11 nitrogen and oxygen atoms in total. The van der Waals surface area contributed by atoms with E-state index in [0.717, 1.165) is 38.5 Å². The summed E-state index contributed by atoms with van der Waals surface area (Å²) in [5.41, 5.74) is 0.353. The van der Waals surface area contributed by atoms with Crippen molar-refractivity contribution in [3.8, 4) is 0 Å². The van der Waals surface area contributed by atoms with Crippen LogP contribution in [0.5, 0.6) is 0 Å². The summed E-state index contributed by atoms with van der Waals surface area (Å²) in [4.78, 5) is 28.5. The van der Waals surface area contributed by atoms with Gasteiger partial charge in [-0.15, -0.1) is 0 Å². The van der Waals surface area contributed by atoms with E-state index in [4.69, 9.17) is 37.9 Å². The van der Waals surface area contributed by atoms with Crippen molar-refractivity contribution in [3.63, 3.8) is 0 Å². The molecule has 0 spiro atoms. The highest BCUT2D eigenvalue weighted by molar-refractivity contribution is 5.99. The second-order valence-electron chi connectivity index (χ2n) is 17.6. The molecule has 5 unspecified atom stereocenters. The van der Waals surface area contributed by atoms with E-state index >= 15 is 0 Å². The molecule has 302 valence electrons. The molecule has 0 amide bonds. The van der Waals surface area contributed by atoms with Crippen molar-refractivity contribution >= 4 is 11.8 Å². The van der Waals surface area contributed by atoms with Crippen molar-refractivity contribution in [2.45, 2.75) is 174 Å². The van der Waals surface area contributed by atoms with E-state index in [-0.39, 0.29) is 96.3 Å². The van der Waals surface area contributed by atoms with Crippen LogP contribution in [0.25, 0.3) is 0 Å². The smallest absolute Gasteiger partial charge is 0.306 e. The maximum atomic E-state index is 14.8. The monoisotopic (exact) mass is 748 g/mol. The quantitative estimate of drug-likeness (QED) is 0.293. The number of hydrogen-bond acceptors (Lipinski definition) is 11. The van der Waals surface area contributed by atoms with Gasteiger partial charge in [0.05, 0.1) is 36.9 Å². The molecule has 0 aromatic heterocycles. The Morgan fingerprint density at radius 1 is 0.887 bits per heavy atom. The van der Waals surface area contributed by atoms with Gasteiger partial charge in [0.1, 0.15) is 24.4 Å². The summed E-state index contributed by atoms with van der Waals surface area (Å²) in [5, 5.41) is 12.2. The van der Waals surface area contributed by atoms with Crippen LogP contribution in [0.4, 0.5) is 0 Å². The van der Waals surface area contributed by atoms with E-state index in [1.165, 1.54) is 0 Å². The molecule has 0 radical (unpaired) electrons. The molecule has 3 aliphatic carbocycles. The number of Topliss-reactive ketones (excluding diaryl/α,β-unsaturated/α-hetero) is 1. The van der Waals surface area contributed by atoms with E-state index in [0.29, 0.717) is 24.3 Å². The van der Waals surface area contributed by atoms with Gasteiger partial charge >= 0.3 is 5.97 Å². The summed E-state index contributed by atoms with van der Waals surface area (Å²) in [6.45, 7) is 14.7. The van der Waals surface area contributed by atoms with Crippen LogP contribution in [0, 0.1) is 46.8 Å². The number of fused-ring (bicyclic) bond motifs is 5. The molecular formula is C42H68O11. The number of cyclic esters (lactones) is 1. The standard InChI is InChI=1S/C42H68O11/c1-11-26-13-12-14-32(53-34-16-15-21(2)24(5)49-34)23(4)36(44)29-18-31-35(28(29)19-33(43)51-26)37(45)22(3)30-17-27(20-42(30,31)7)52-41-40(48-10)39(47-9)38(46-8)25(6)50-41/h18,21-28,30-32,34-35,37-41,45H,11-17,19-20H2,1-10H3/t21-,22-,23+,24?,25?,26-,27+,28+,30-,31+,32-,34?,35-,37+,38-,39?,40?,41-,42+/m0/s1. The van der Waals surface area contributed by atoms with Gasteiger partial charge in [-0.05, 0) is 106 Å². The van der Waals surface area contributed by atoms with Gasteiger partial charge in [-0.2, -0.15) is 0 Å². The number of allylic oxidation sites excluding steroid dienone is 2. The number of esters is 1. The predicted octanol–water partition coefficient (Wildman–Crippen LogP) is 6.02. The van der Waals surface area contributed by atoms with Crippen molar-refractivity contribution in [1.29, 1.82) is 0 Å². The van der Waals surface area contributed by atoms with Gasteiger partial charge in [-0.1, -0.05) is 40.7 Å². The Bertz CT molecular complexity index is 1310. The van der Waals surface area contributed by atoms with Gasteiger partial charge < -0.3 is 43.0 Å². The first-order chi connectivity index (χ1) is 25.3. The molecule has 6 rings (SSSR count). The minimum atomic E-state index is -0.703. The summed E-state index contributed by atoms with van der Waals surface area (Å²) in [6.07, 6.45) is 4.61. The normalized spacial score (nSPS) is 49.5. The lowest BCUT2D eigenvalue weighted by Crippen LogP contribution is -2.59. The van der Waals surface area contributed by atoms with E-state index in [1.807, 2.05) is 20.8 Å². The fourth-order valence-corrected chi connectivity index (χ4v) is 11.3. The molecule has 19 atom stereocenters. The second-order valence-corrected chi connectivity index (χ2v) is 17.6. The summed E-state index contributed by atoms with van der Waals surface area (Å²) in [5.74, 6) is -1.08. The average Bonchev–Trinajstić information content (AvgIpc) is 3.68. The van der Waals surface area contributed by atoms with Crippen LogP contribution in [0.15, 0.2) is 11.6 Å². The van der Waals surface area contributed by atoms with Crippen molar-refractivity contribution in [2.75, 3.05) is 21.3 Å².